The maximum absolute atomic E-state index is 13.7. The SMILES string of the molecule is COc1ccc2c(c1)c(C(=O)Oc1ccccc1)c1cc(OC)ccc1[n+]2CCCCS(=O)(=O)N1CCC(C(=O)[O-])CC1. The number of carbonyl (C=O) groups excluding carboxylic acids is 2. The molecule has 0 unspecified atom stereocenters. The fraction of sp³-hybridized carbons (Fsp3) is 0.344. The van der Waals surface area contributed by atoms with Crippen LogP contribution in [0.25, 0.3) is 21.8 Å². The Morgan fingerprint density at radius 2 is 1.44 bits per heavy atom. The van der Waals surface area contributed by atoms with E-state index in [2.05, 4.69) is 4.57 Å². The van der Waals surface area contributed by atoms with Crippen molar-refractivity contribution in [3.8, 4) is 17.2 Å². The van der Waals surface area contributed by atoms with Crippen LogP contribution in [0.2, 0.25) is 0 Å². The highest BCUT2D eigenvalue weighted by Gasteiger charge is 2.29. The Kier molecular flexibility index (Phi) is 9.12. The van der Waals surface area contributed by atoms with E-state index >= 15 is 0 Å². The highest BCUT2D eigenvalue weighted by molar-refractivity contribution is 7.89. The number of aryl methyl sites for hydroxylation is 1. The minimum atomic E-state index is -3.52. The van der Waals surface area contributed by atoms with Crippen molar-refractivity contribution >= 4 is 43.8 Å². The maximum atomic E-state index is 13.7. The number of hydrogen-bond donors (Lipinski definition) is 0. The van der Waals surface area contributed by atoms with Crippen LogP contribution < -0.4 is 23.9 Å². The van der Waals surface area contributed by atoms with Gasteiger partial charge in [0, 0.05) is 43.5 Å². The molecule has 0 spiro atoms. The quantitative estimate of drug-likeness (QED) is 0.0839. The normalized spacial score (nSPS) is 14.6. The van der Waals surface area contributed by atoms with Crippen molar-refractivity contribution in [3.05, 3.63) is 72.3 Å². The number of ether oxygens (including phenoxy) is 3. The largest absolute Gasteiger partial charge is 0.550 e. The molecule has 11 heteroatoms. The van der Waals surface area contributed by atoms with Gasteiger partial charge in [0.15, 0.2) is 0 Å². The number of sulfonamides is 1. The van der Waals surface area contributed by atoms with Crippen LogP contribution in [0, 0.1) is 5.92 Å². The van der Waals surface area contributed by atoms with Gasteiger partial charge in [0.25, 0.3) is 0 Å². The molecule has 0 radical (unpaired) electrons. The highest BCUT2D eigenvalue weighted by Crippen LogP contribution is 2.31. The first-order valence-electron chi connectivity index (χ1n) is 14.2. The summed E-state index contributed by atoms with van der Waals surface area (Å²) in [5, 5.41) is 12.4. The van der Waals surface area contributed by atoms with Gasteiger partial charge in [-0.3, -0.25) is 0 Å². The minimum Gasteiger partial charge on any atom is -0.550 e. The van der Waals surface area contributed by atoms with E-state index in [4.69, 9.17) is 14.2 Å². The Bertz CT molecular complexity index is 1690. The Morgan fingerprint density at radius 1 is 0.860 bits per heavy atom. The number of piperidine rings is 1. The van der Waals surface area contributed by atoms with Gasteiger partial charge in [-0.2, -0.15) is 4.57 Å². The maximum Gasteiger partial charge on any atom is 0.345 e. The van der Waals surface area contributed by atoms with E-state index in [1.807, 2.05) is 30.3 Å². The highest BCUT2D eigenvalue weighted by atomic mass is 32.2. The number of carboxylic acids is 1. The van der Waals surface area contributed by atoms with E-state index in [-0.39, 0.29) is 31.7 Å². The van der Waals surface area contributed by atoms with Gasteiger partial charge in [0.2, 0.25) is 21.1 Å². The second-order valence-electron chi connectivity index (χ2n) is 10.5. The first-order chi connectivity index (χ1) is 20.7. The van der Waals surface area contributed by atoms with Gasteiger partial charge in [-0.25, -0.2) is 17.5 Å². The number of hydrogen-bond acceptors (Lipinski definition) is 8. The summed E-state index contributed by atoms with van der Waals surface area (Å²) >= 11 is 0. The summed E-state index contributed by atoms with van der Waals surface area (Å²) in [5.41, 5.74) is 1.90. The predicted molar refractivity (Wildman–Crippen MR) is 158 cm³/mol. The number of para-hydroxylation sites is 1. The average molecular weight is 607 g/mol. The Labute approximate surface area is 250 Å². The molecule has 4 aromatic rings. The lowest BCUT2D eigenvalue weighted by atomic mass is 9.99. The van der Waals surface area contributed by atoms with Gasteiger partial charge in [-0.1, -0.05) is 18.2 Å². The number of fused-ring (bicyclic) bond motifs is 2. The summed E-state index contributed by atoms with van der Waals surface area (Å²) in [7, 11) is -0.405. The van der Waals surface area contributed by atoms with Gasteiger partial charge in [-0.15, -0.1) is 0 Å². The van der Waals surface area contributed by atoms with Crippen molar-refractivity contribution < 1.29 is 41.9 Å². The topological polar surface area (TPSA) is 126 Å². The molecular weight excluding hydrogens is 572 g/mol. The Balaban J connectivity index is 1.46. The lowest BCUT2D eigenvalue weighted by Gasteiger charge is -2.31. The molecule has 2 heterocycles. The van der Waals surface area contributed by atoms with Crippen molar-refractivity contribution in [1.29, 1.82) is 0 Å². The molecule has 0 atom stereocenters. The van der Waals surface area contributed by atoms with Crippen LogP contribution in [0.5, 0.6) is 17.2 Å². The van der Waals surface area contributed by atoms with Crippen molar-refractivity contribution in [2.75, 3.05) is 33.1 Å². The number of esters is 1. The number of aromatic nitrogens is 1. The summed E-state index contributed by atoms with van der Waals surface area (Å²) in [5.74, 6) is -0.725. The average Bonchev–Trinajstić information content (AvgIpc) is 3.02. The molecule has 5 rings (SSSR count). The third kappa shape index (κ3) is 6.57. The fourth-order valence-corrected chi connectivity index (χ4v) is 7.19. The molecule has 0 N–H and O–H groups in total. The number of nitrogens with zero attached hydrogens (tertiary/aromatic N) is 2. The van der Waals surface area contributed by atoms with Crippen LogP contribution in [-0.2, 0) is 21.4 Å². The van der Waals surface area contributed by atoms with E-state index in [0.717, 1.165) is 11.0 Å². The zero-order chi connectivity index (χ0) is 30.6. The minimum absolute atomic E-state index is 0.0391. The molecule has 1 saturated heterocycles. The molecular formula is C32H34N2O8S. The summed E-state index contributed by atoms with van der Waals surface area (Å²) in [6.45, 7) is 0.867. The van der Waals surface area contributed by atoms with Gasteiger partial charge in [0.1, 0.15) is 23.8 Å². The number of rotatable bonds is 11. The number of aliphatic carboxylic acids is 1. The second kappa shape index (κ2) is 13.0. The second-order valence-corrected chi connectivity index (χ2v) is 12.6. The summed E-state index contributed by atoms with van der Waals surface area (Å²) < 4.78 is 46.2. The fourth-order valence-electron chi connectivity index (χ4n) is 5.59. The molecule has 1 fully saturated rings. The van der Waals surface area contributed by atoms with E-state index in [0.29, 0.717) is 53.0 Å². The van der Waals surface area contributed by atoms with Crippen LogP contribution in [0.15, 0.2) is 66.7 Å². The molecule has 3 aromatic carbocycles. The molecule has 0 saturated carbocycles. The van der Waals surface area contributed by atoms with Crippen LogP contribution in [0.3, 0.4) is 0 Å². The van der Waals surface area contributed by atoms with Gasteiger partial charge < -0.3 is 24.1 Å². The lowest BCUT2D eigenvalue weighted by Crippen LogP contribution is -2.44. The molecule has 1 aliphatic heterocycles. The van der Waals surface area contributed by atoms with Crippen LogP contribution in [0.4, 0.5) is 0 Å². The van der Waals surface area contributed by atoms with Crippen molar-refractivity contribution in [2.45, 2.75) is 32.2 Å². The molecule has 43 heavy (non-hydrogen) atoms. The zero-order valence-electron chi connectivity index (χ0n) is 24.2. The first kappa shape index (κ1) is 30.2. The molecule has 226 valence electrons. The Morgan fingerprint density at radius 3 is 1.98 bits per heavy atom. The van der Waals surface area contributed by atoms with Crippen molar-refractivity contribution in [3.63, 3.8) is 0 Å². The third-order valence-electron chi connectivity index (χ3n) is 7.90. The molecule has 0 amide bonds. The number of unbranched alkanes of at least 4 members (excludes halogenated alkanes) is 1. The molecule has 0 aliphatic carbocycles. The van der Waals surface area contributed by atoms with Crippen molar-refractivity contribution in [1.82, 2.24) is 4.31 Å². The summed E-state index contributed by atoms with van der Waals surface area (Å²) in [6, 6.07) is 19.9. The third-order valence-corrected chi connectivity index (χ3v) is 9.86. The van der Waals surface area contributed by atoms with E-state index in [1.165, 1.54) is 4.31 Å². The smallest absolute Gasteiger partial charge is 0.345 e. The van der Waals surface area contributed by atoms with Gasteiger partial charge in [0.05, 0.1) is 36.3 Å². The van der Waals surface area contributed by atoms with Crippen molar-refractivity contribution in [2.24, 2.45) is 5.92 Å². The summed E-state index contributed by atoms with van der Waals surface area (Å²) in [4.78, 5) is 24.8. The number of pyridine rings is 1. The van der Waals surface area contributed by atoms with Gasteiger partial charge >= 0.3 is 5.97 Å². The van der Waals surface area contributed by atoms with Crippen LogP contribution in [-0.4, -0.2) is 57.7 Å². The monoisotopic (exact) mass is 606 g/mol. The predicted octanol–water partition coefficient (Wildman–Crippen LogP) is 3.09. The lowest BCUT2D eigenvalue weighted by molar-refractivity contribution is -0.645. The number of carbonyl (C=O) groups is 2. The molecule has 10 nitrogen and oxygen atoms in total. The number of benzene rings is 3. The van der Waals surface area contributed by atoms with E-state index in [9.17, 15) is 23.1 Å². The van der Waals surface area contributed by atoms with E-state index < -0.39 is 27.9 Å². The summed E-state index contributed by atoms with van der Waals surface area (Å²) in [6.07, 6.45) is 1.49. The number of methoxy groups -OCH3 is 2. The molecule has 0 bridgehead atoms. The number of carboxylic acid groups (broad SMARTS) is 1. The first-order valence-corrected chi connectivity index (χ1v) is 15.8. The van der Waals surface area contributed by atoms with Crippen LogP contribution in [0.1, 0.15) is 36.0 Å². The zero-order valence-corrected chi connectivity index (χ0v) is 25.0. The molecule has 1 aliphatic rings. The standard InChI is InChI=1S/C32H34N2O8S/c1-40-24-10-12-28-26(20-24)30(32(37)42-23-8-4-3-5-9-23)27-21-25(41-2)11-13-29(27)34(28)16-6-7-19-43(38,39)33-17-14-22(15-18-33)31(35)36/h3-5,8-13,20-22H,6-7,14-19H2,1-2H3. The van der Waals surface area contributed by atoms with Crippen LogP contribution >= 0.6 is 0 Å². The Hall–Kier alpha value is -4.22. The van der Waals surface area contributed by atoms with Gasteiger partial charge in [-0.05, 0) is 55.7 Å². The van der Waals surface area contributed by atoms with E-state index in [1.54, 1.807) is 50.6 Å². The molecule has 1 aromatic heterocycles.